The van der Waals surface area contributed by atoms with Gasteiger partial charge in [0.05, 0.1) is 21.3 Å². The number of carbonyl (C=O) groups excluding carboxylic acids is 1. The van der Waals surface area contributed by atoms with E-state index in [2.05, 4.69) is 25.5 Å². The standard InChI is InChI=1S/C29H26Cl3FN6O2/c1-15(2)28(40)22(27(34)26-23(30)4-3-5-24(26)31)14-41-20-6-7-21(25(32)11-20)17-12-39(13-17)19-9-16(8-18(33)10-19)29-35-37-38-36-29/h3-11,15,17H,12-14,34H2,1-2H3,(H,35,36,37,38). The Labute approximate surface area is 251 Å². The molecule has 212 valence electrons. The predicted octanol–water partition coefficient (Wildman–Crippen LogP) is 6.54. The van der Waals surface area contributed by atoms with Gasteiger partial charge in [0.25, 0.3) is 0 Å². The van der Waals surface area contributed by atoms with Gasteiger partial charge in [-0.15, -0.1) is 10.2 Å². The first kappa shape index (κ1) is 28.9. The van der Waals surface area contributed by atoms with Crippen LogP contribution >= 0.6 is 34.8 Å². The van der Waals surface area contributed by atoms with Crippen LogP contribution in [0.2, 0.25) is 15.1 Å². The first-order valence-electron chi connectivity index (χ1n) is 12.8. The minimum Gasteiger partial charge on any atom is -0.489 e. The topological polar surface area (TPSA) is 110 Å². The first-order chi connectivity index (χ1) is 19.6. The Morgan fingerprint density at radius 1 is 1.10 bits per heavy atom. The number of aromatic amines is 1. The third kappa shape index (κ3) is 6.17. The van der Waals surface area contributed by atoms with Crippen molar-refractivity contribution in [1.82, 2.24) is 20.6 Å². The van der Waals surface area contributed by atoms with Crippen LogP contribution in [0.3, 0.4) is 0 Å². The highest BCUT2D eigenvalue weighted by Crippen LogP contribution is 2.38. The number of nitrogens with two attached hydrogens (primary N) is 1. The van der Waals surface area contributed by atoms with Crippen molar-refractivity contribution in [3.63, 3.8) is 0 Å². The number of tetrazole rings is 1. The minimum absolute atomic E-state index is 0.0838. The molecule has 1 aromatic heterocycles. The zero-order valence-corrected chi connectivity index (χ0v) is 24.4. The Bertz CT molecular complexity index is 1600. The van der Waals surface area contributed by atoms with Crippen LogP contribution < -0.4 is 15.4 Å². The lowest BCUT2D eigenvalue weighted by molar-refractivity contribution is -0.118. The van der Waals surface area contributed by atoms with Crippen LogP contribution in [0.25, 0.3) is 17.1 Å². The van der Waals surface area contributed by atoms with Gasteiger partial charge in [-0.3, -0.25) is 4.79 Å². The molecule has 1 saturated heterocycles. The van der Waals surface area contributed by atoms with E-state index in [4.69, 9.17) is 45.3 Å². The van der Waals surface area contributed by atoms with Gasteiger partial charge in [0.1, 0.15) is 18.2 Å². The fraction of sp³-hybridized carbons (Fsp3) is 0.241. The fourth-order valence-electron chi connectivity index (χ4n) is 4.68. The second-order valence-corrected chi connectivity index (χ2v) is 11.2. The lowest BCUT2D eigenvalue weighted by Gasteiger charge is -2.41. The van der Waals surface area contributed by atoms with Crippen molar-refractivity contribution in [2.45, 2.75) is 19.8 Å². The average molecular weight is 616 g/mol. The zero-order chi connectivity index (χ0) is 29.3. The maximum absolute atomic E-state index is 14.3. The molecule has 0 spiro atoms. The number of anilines is 1. The summed E-state index contributed by atoms with van der Waals surface area (Å²) in [5.74, 6) is 0.0812. The number of hydrogen-bond acceptors (Lipinski definition) is 7. The molecule has 1 aliphatic heterocycles. The van der Waals surface area contributed by atoms with Crippen LogP contribution in [-0.2, 0) is 4.79 Å². The van der Waals surface area contributed by atoms with Crippen molar-refractivity contribution >= 4 is 52.0 Å². The van der Waals surface area contributed by atoms with Gasteiger partial charge in [-0.05, 0) is 53.2 Å². The van der Waals surface area contributed by atoms with Crippen molar-refractivity contribution in [2.24, 2.45) is 11.7 Å². The molecule has 0 unspecified atom stereocenters. The van der Waals surface area contributed by atoms with E-state index in [9.17, 15) is 9.18 Å². The van der Waals surface area contributed by atoms with Crippen molar-refractivity contribution < 1.29 is 13.9 Å². The molecule has 4 aromatic rings. The molecule has 0 saturated carbocycles. The van der Waals surface area contributed by atoms with Gasteiger partial charge < -0.3 is 15.4 Å². The molecule has 1 aliphatic rings. The van der Waals surface area contributed by atoms with Crippen molar-refractivity contribution in [3.05, 3.63) is 92.2 Å². The maximum atomic E-state index is 14.3. The summed E-state index contributed by atoms with van der Waals surface area (Å²) >= 11 is 19.3. The molecule has 41 heavy (non-hydrogen) atoms. The fourth-order valence-corrected chi connectivity index (χ4v) is 5.60. The summed E-state index contributed by atoms with van der Waals surface area (Å²) in [7, 11) is 0. The number of H-pyrrole nitrogens is 1. The molecular weight excluding hydrogens is 590 g/mol. The zero-order valence-electron chi connectivity index (χ0n) is 22.2. The summed E-state index contributed by atoms with van der Waals surface area (Å²) in [5, 5.41) is 15.0. The van der Waals surface area contributed by atoms with E-state index < -0.39 is 0 Å². The normalized spacial score (nSPS) is 14.2. The Kier molecular flexibility index (Phi) is 8.49. The molecule has 0 atom stereocenters. The third-order valence-corrected chi connectivity index (χ3v) is 7.86. The molecule has 2 heterocycles. The van der Waals surface area contributed by atoms with E-state index >= 15 is 0 Å². The van der Waals surface area contributed by atoms with E-state index in [1.54, 1.807) is 44.2 Å². The first-order valence-corrected chi connectivity index (χ1v) is 13.9. The third-order valence-electron chi connectivity index (χ3n) is 6.91. The van der Waals surface area contributed by atoms with E-state index in [0.29, 0.717) is 50.9 Å². The summed E-state index contributed by atoms with van der Waals surface area (Å²) < 4.78 is 20.3. The summed E-state index contributed by atoms with van der Waals surface area (Å²) in [6.45, 7) is 4.79. The molecule has 3 N–H and O–H groups in total. The molecular formula is C29H26Cl3FN6O2. The number of halogens is 4. The summed E-state index contributed by atoms with van der Waals surface area (Å²) in [6, 6.07) is 15.1. The van der Waals surface area contributed by atoms with Crippen LogP contribution in [0.4, 0.5) is 10.1 Å². The molecule has 0 amide bonds. The molecule has 5 rings (SSSR count). The number of ketones is 1. The highest BCUT2D eigenvalue weighted by atomic mass is 35.5. The molecule has 0 aliphatic carbocycles. The SMILES string of the molecule is CC(C)C(=O)C(COc1ccc(C2CN(c3cc(F)cc(-c4nn[nH]n4)c3)C2)c(Cl)c1)=C(N)c1c(Cl)cccc1Cl. The smallest absolute Gasteiger partial charge is 0.204 e. The van der Waals surface area contributed by atoms with Gasteiger partial charge in [-0.1, -0.05) is 60.8 Å². The number of carbonyl (C=O) groups is 1. The van der Waals surface area contributed by atoms with Gasteiger partial charge >= 0.3 is 0 Å². The molecule has 3 aromatic carbocycles. The van der Waals surface area contributed by atoms with Crippen LogP contribution in [0, 0.1) is 11.7 Å². The Morgan fingerprint density at radius 2 is 1.83 bits per heavy atom. The lowest BCUT2D eigenvalue weighted by Crippen LogP contribution is -2.45. The van der Waals surface area contributed by atoms with Crippen molar-refractivity contribution in [3.8, 4) is 17.1 Å². The van der Waals surface area contributed by atoms with Crippen molar-refractivity contribution in [1.29, 1.82) is 0 Å². The van der Waals surface area contributed by atoms with Crippen LogP contribution in [0.15, 0.2) is 60.2 Å². The van der Waals surface area contributed by atoms with Gasteiger partial charge in [0.15, 0.2) is 5.78 Å². The predicted molar refractivity (Wildman–Crippen MR) is 159 cm³/mol. The van der Waals surface area contributed by atoms with Gasteiger partial charge in [0.2, 0.25) is 5.82 Å². The number of ether oxygens (including phenoxy) is 1. The Morgan fingerprint density at radius 3 is 2.46 bits per heavy atom. The maximum Gasteiger partial charge on any atom is 0.204 e. The summed E-state index contributed by atoms with van der Waals surface area (Å²) in [5.41, 5.74) is 9.48. The number of Topliss-reactive ketones (excluding diaryl/α,β-unsaturated/α-hetero) is 1. The van der Waals surface area contributed by atoms with E-state index in [0.717, 1.165) is 11.3 Å². The summed E-state index contributed by atoms with van der Waals surface area (Å²) in [6.07, 6.45) is 0. The van der Waals surface area contributed by atoms with E-state index in [-0.39, 0.29) is 41.3 Å². The number of rotatable bonds is 9. The van der Waals surface area contributed by atoms with Crippen LogP contribution in [0.1, 0.15) is 30.9 Å². The number of nitrogens with one attached hydrogen (secondary N) is 1. The van der Waals surface area contributed by atoms with Gasteiger partial charge in [0, 0.05) is 46.8 Å². The molecule has 0 bridgehead atoms. The number of aromatic nitrogens is 4. The monoisotopic (exact) mass is 614 g/mol. The Balaban J connectivity index is 1.29. The second-order valence-electron chi connectivity index (χ2n) is 10.0. The number of benzene rings is 3. The van der Waals surface area contributed by atoms with Crippen LogP contribution in [-0.4, -0.2) is 46.1 Å². The van der Waals surface area contributed by atoms with E-state index in [1.165, 1.54) is 12.1 Å². The highest BCUT2D eigenvalue weighted by molar-refractivity contribution is 6.37. The molecule has 8 nitrogen and oxygen atoms in total. The summed E-state index contributed by atoms with van der Waals surface area (Å²) in [4.78, 5) is 15.1. The van der Waals surface area contributed by atoms with E-state index in [1.807, 2.05) is 12.1 Å². The second kappa shape index (κ2) is 12.1. The largest absolute Gasteiger partial charge is 0.489 e. The molecule has 0 radical (unpaired) electrons. The number of nitrogens with zero attached hydrogens (tertiary/aromatic N) is 4. The molecule has 12 heteroatoms. The quantitative estimate of drug-likeness (QED) is 0.206. The number of hydrogen-bond donors (Lipinski definition) is 2. The average Bonchev–Trinajstić information content (AvgIpc) is 3.44. The minimum atomic E-state index is -0.382. The van der Waals surface area contributed by atoms with Gasteiger partial charge in [-0.2, -0.15) is 5.21 Å². The Hall–Kier alpha value is -3.66. The van der Waals surface area contributed by atoms with Gasteiger partial charge in [-0.25, -0.2) is 4.39 Å². The van der Waals surface area contributed by atoms with Crippen LogP contribution in [0.5, 0.6) is 5.75 Å². The molecule has 1 fully saturated rings. The van der Waals surface area contributed by atoms with Crippen molar-refractivity contribution in [2.75, 3.05) is 24.6 Å². The highest BCUT2D eigenvalue weighted by Gasteiger charge is 2.31. The lowest BCUT2D eigenvalue weighted by atomic mass is 9.90.